The average Bonchev–Trinajstić information content (AvgIpc) is 2.92. The van der Waals surface area contributed by atoms with Crippen molar-refractivity contribution in [3.8, 4) is 0 Å². The summed E-state index contributed by atoms with van der Waals surface area (Å²) in [4.78, 5) is 26.8. The van der Waals surface area contributed by atoms with E-state index in [1.165, 1.54) is 0 Å². The molecule has 3 aromatic carbocycles. The lowest BCUT2D eigenvalue weighted by atomic mass is 9.83. The summed E-state index contributed by atoms with van der Waals surface area (Å²) in [5.74, 6) is -1.63. The molecule has 0 saturated carbocycles. The molecule has 0 bridgehead atoms. The fourth-order valence-corrected chi connectivity index (χ4v) is 4.17. The lowest BCUT2D eigenvalue weighted by Gasteiger charge is -2.30. The first-order valence-corrected chi connectivity index (χ1v) is 12.0. The molecule has 1 aliphatic heterocycles. The van der Waals surface area contributed by atoms with Crippen LogP contribution in [-0.4, -0.2) is 18.5 Å². The zero-order valence-corrected chi connectivity index (χ0v) is 20.4. The van der Waals surface area contributed by atoms with Gasteiger partial charge in [0, 0.05) is 11.6 Å². The van der Waals surface area contributed by atoms with Crippen LogP contribution in [0.1, 0.15) is 30.5 Å². The van der Waals surface area contributed by atoms with Crippen LogP contribution in [0.3, 0.4) is 0 Å². The van der Waals surface area contributed by atoms with Gasteiger partial charge in [-0.3, -0.25) is 0 Å². The summed E-state index contributed by atoms with van der Waals surface area (Å²) in [6.45, 7) is 3.94. The van der Waals surface area contributed by atoms with E-state index in [-0.39, 0.29) is 13.2 Å². The van der Waals surface area contributed by atoms with Crippen molar-refractivity contribution in [2.24, 2.45) is 5.92 Å². The van der Waals surface area contributed by atoms with Crippen molar-refractivity contribution in [3.63, 3.8) is 0 Å². The standard InChI is InChI=1S/C31H29NO4/c1-3-35-30(33)27-22(2)32-29(25-17-11-6-12-18-25)28(26(27)20-19-23-13-7-4-8-14-23)31(34)36-21-24-15-9-5-10-16-24/h4-20,26,32H,3,21H2,1-2H3/b20-19+. The van der Waals surface area contributed by atoms with E-state index < -0.39 is 17.9 Å². The van der Waals surface area contributed by atoms with Gasteiger partial charge in [0.05, 0.1) is 23.5 Å². The van der Waals surface area contributed by atoms with Crippen molar-refractivity contribution >= 4 is 23.7 Å². The minimum Gasteiger partial charge on any atom is -0.463 e. The normalized spacial score (nSPS) is 15.6. The largest absolute Gasteiger partial charge is 0.463 e. The Kier molecular flexibility index (Phi) is 8.14. The van der Waals surface area contributed by atoms with E-state index in [4.69, 9.17) is 9.47 Å². The van der Waals surface area contributed by atoms with E-state index in [2.05, 4.69) is 5.32 Å². The van der Waals surface area contributed by atoms with Crippen molar-refractivity contribution in [2.45, 2.75) is 20.5 Å². The first-order chi connectivity index (χ1) is 17.6. The van der Waals surface area contributed by atoms with Gasteiger partial charge in [0.25, 0.3) is 0 Å². The van der Waals surface area contributed by atoms with E-state index in [1.54, 1.807) is 6.92 Å². The molecule has 182 valence electrons. The third kappa shape index (κ3) is 5.81. The molecule has 4 rings (SSSR count). The minimum absolute atomic E-state index is 0.123. The Morgan fingerprint density at radius 3 is 2.03 bits per heavy atom. The summed E-state index contributed by atoms with van der Waals surface area (Å²) in [7, 11) is 0. The Morgan fingerprint density at radius 1 is 0.806 bits per heavy atom. The summed E-state index contributed by atoms with van der Waals surface area (Å²) >= 11 is 0. The highest BCUT2D eigenvalue weighted by Gasteiger charge is 2.37. The highest BCUT2D eigenvalue weighted by molar-refractivity contribution is 6.04. The zero-order valence-electron chi connectivity index (χ0n) is 20.4. The van der Waals surface area contributed by atoms with Gasteiger partial charge in [0.15, 0.2) is 0 Å². The summed E-state index contributed by atoms with van der Waals surface area (Å²) in [6, 6.07) is 28.8. The molecule has 3 aromatic rings. The van der Waals surface area contributed by atoms with Crippen LogP contribution in [0.5, 0.6) is 0 Å². The van der Waals surface area contributed by atoms with Crippen molar-refractivity contribution in [1.29, 1.82) is 0 Å². The predicted molar refractivity (Wildman–Crippen MR) is 141 cm³/mol. The Morgan fingerprint density at radius 2 is 1.39 bits per heavy atom. The lowest BCUT2D eigenvalue weighted by molar-refractivity contribution is -0.140. The van der Waals surface area contributed by atoms with Gasteiger partial charge in [-0.05, 0) is 30.5 Å². The second kappa shape index (κ2) is 11.8. The number of carbonyl (C=O) groups is 2. The topological polar surface area (TPSA) is 64.6 Å². The first-order valence-electron chi connectivity index (χ1n) is 12.0. The van der Waals surface area contributed by atoms with Crippen LogP contribution in [0.2, 0.25) is 0 Å². The van der Waals surface area contributed by atoms with Crippen LogP contribution < -0.4 is 5.32 Å². The Hall–Kier alpha value is -4.38. The van der Waals surface area contributed by atoms with E-state index >= 15 is 0 Å². The van der Waals surface area contributed by atoms with E-state index in [1.807, 2.05) is 110 Å². The number of hydrogen-bond donors (Lipinski definition) is 1. The molecular formula is C31H29NO4. The molecule has 0 radical (unpaired) electrons. The molecule has 5 heteroatoms. The molecule has 0 aromatic heterocycles. The number of ether oxygens (including phenoxy) is 2. The molecule has 36 heavy (non-hydrogen) atoms. The van der Waals surface area contributed by atoms with Crippen LogP contribution in [0.4, 0.5) is 0 Å². The third-order valence-electron chi connectivity index (χ3n) is 5.88. The van der Waals surface area contributed by atoms with Gasteiger partial charge in [-0.1, -0.05) is 103 Å². The van der Waals surface area contributed by atoms with Gasteiger partial charge in [0.1, 0.15) is 6.61 Å². The summed E-state index contributed by atoms with van der Waals surface area (Å²) in [6.07, 6.45) is 3.78. The molecule has 1 heterocycles. The number of dihydropyridines is 1. The van der Waals surface area contributed by atoms with Gasteiger partial charge in [-0.2, -0.15) is 0 Å². The number of benzene rings is 3. The van der Waals surface area contributed by atoms with Gasteiger partial charge in [-0.25, -0.2) is 9.59 Å². The number of carbonyl (C=O) groups excluding carboxylic acids is 2. The summed E-state index contributed by atoms with van der Waals surface area (Å²) in [5, 5.41) is 3.30. The lowest BCUT2D eigenvalue weighted by Crippen LogP contribution is -2.33. The smallest absolute Gasteiger partial charge is 0.337 e. The molecular weight excluding hydrogens is 450 g/mol. The van der Waals surface area contributed by atoms with Gasteiger partial charge in [-0.15, -0.1) is 0 Å². The van der Waals surface area contributed by atoms with Gasteiger partial charge >= 0.3 is 11.9 Å². The van der Waals surface area contributed by atoms with Crippen LogP contribution >= 0.6 is 0 Å². The van der Waals surface area contributed by atoms with E-state index in [9.17, 15) is 9.59 Å². The van der Waals surface area contributed by atoms with Crippen molar-refractivity contribution < 1.29 is 19.1 Å². The fourth-order valence-electron chi connectivity index (χ4n) is 4.17. The quantitative estimate of drug-likeness (QED) is 0.407. The van der Waals surface area contributed by atoms with Crippen LogP contribution in [0.15, 0.2) is 114 Å². The number of esters is 2. The molecule has 0 aliphatic carbocycles. The molecule has 0 saturated heterocycles. The molecule has 1 N–H and O–H groups in total. The number of allylic oxidation sites excluding steroid dienone is 2. The van der Waals surface area contributed by atoms with Gasteiger partial charge in [0.2, 0.25) is 0 Å². The minimum atomic E-state index is -0.663. The maximum absolute atomic E-state index is 13.7. The monoisotopic (exact) mass is 479 g/mol. The molecule has 0 amide bonds. The maximum atomic E-state index is 13.7. The van der Waals surface area contributed by atoms with Crippen molar-refractivity contribution in [1.82, 2.24) is 5.32 Å². The summed E-state index contributed by atoms with van der Waals surface area (Å²) < 4.78 is 11.2. The van der Waals surface area contributed by atoms with Crippen LogP contribution in [0, 0.1) is 5.92 Å². The van der Waals surface area contributed by atoms with Crippen LogP contribution in [0.25, 0.3) is 11.8 Å². The fraction of sp³-hybridized carbons (Fsp3) is 0.161. The second-order valence-corrected chi connectivity index (χ2v) is 8.35. The number of hydrogen-bond acceptors (Lipinski definition) is 5. The first kappa shape index (κ1) is 24.7. The van der Waals surface area contributed by atoms with E-state index in [0.29, 0.717) is 22.5 Å². The van der Waals surface area contributed by atoms with Crippen LogP contribution in [-0.2, 0) is 25.7 Å². The predicted octanol–water partition coefficient (Wildman–Crippen LogP) is 5.91. The van der Waals surface area contributed by atoms with E-state index in [0.717, 1.165) is 16.7 Å². The number of nitrogens with one attached hydrogen (secondary N) is 1. The highest BCUT2D eigenvalue weighted by atomic mass is 16.5. The Bertz CT molecular complexity index is 1290. The molecule has 5 nitrogen and oxygen atoms in total. The summed E-state index contributed by atoms with van der Waals surface area (Å²) in [5.41, 5.74) is 4.65. The van der Waals surface area contributed by atoms with Crippen molar-refractivity contribution in [2.75, 3.05) is 6.61 Å². The van der Waals surface area contributed by atoms with Crippen molar-refractivity contribution in [3.05, 3.63) is 131 Å². The molecule has 1 unspecified atom stereocenters. The van der Waals surface area contributed by atoms with Gasteiger partial charge < -0.3 is 14.8 Å². The third-order valence-corrected chi connectivity index (χ3v) is 5.88. The molecule has 0 fully saturated rings. The number of rotatable bonds is 8. The molecule has 1 aliphatic rings. The second-order valence-electron chi connectivity index (χ2n) is 8.35. The maximum Gasteiger partial charge on any atom is 0.337 e. The Balaban J connectivity index is 1.81. The SMILES string of the molecule is CCOC(=O)C1=C(C)NC(c2ccccc2)=C(C(=O)OCc2ccccc2)C1/C=C/c1ccccc1. The highest BCUT2D eigenvalue weighted by Crippen LogP contribution is 2.36. The zero-order chi connectivity index (χ0) is 25.3. The average molecular weight is 480 g/mol. The molecule has 0 spiro atoms. The molecule has 1 atom stereocenters. The Labute approximate surface area is 211 Å².